The summed E-state index contributed by atoms with van der Waals surface area (Å²) in [4.78, 5) is 2.56. The molecule has 1 fully saturated rings. The Morgan fingerprint density at radius 3 is 2.89 bits per heavy atom. The quantitative estimate of drug-likeness (QED) is 0.924. The molecule has 1 saturated heterocycles. The van der Waals surface area contributed by atoms with Gasteiger partial charge in [-0.15, -0.1) is 0 Å². The molecule has 0 bridgehead atoms. The molecule has 1 aromatic rings. The molecule has 1 aliphatic rings. The Kier molecular flexibility index (Phi) is 4.68. The Balaban J connectivity index is 2.31. The second-order valence-corrected chi connectivity index (χ2v) is 6.28. The smallest absolute Gasteiger partial charge is 0.0402 e. The summed E-state index contributed by atoms with van der Waals surface area (Å²) in [6, 6.07) is 7.22. The molecule has 2 atom stereocenters. The highest BCUT2D eigenvalue weighted by molar-refractivity contribution is 9.10. The molecule has 0 aromatic heterocycles. The van der Waals surface area contributed by atoms with Gasteiger partial charge in [0.25, 0.3) is 0 Å². The number of nitrogens with two attached hydrogens (primary N) is 1. The summed E-state index contributed by atoms with van der Waals surface area (Å²) in [7, 11) is 0. The zero-order chi connectivity index (χ0) is 13.1. The fourth-order valence-electron chi connectivity index (χ4n) is 2.87. The van der Waals surface area contributed by atoms with Crippen molar-refractivity contribution in [2.75, 3.05) is 18.0 Å². The van der Waals surface area contributed by atoms with Crippen LogP contribution in [0.2, 0.25) is 0 Å². The molecule has 18 heavy (non-hydrogen) atoms. The molecule has 0 spiro atoms. The van der Waals surface area contributed by atoms with Crippen molar-refractivity contribution in [1.82, 2.24) is 0 Å². The Hall–Kier alpha value is -0.540. The molecule has 2 rings (SSSR count). The average molecular weight is 311 g/mol. The number of halogens is 1. The summed E-state index contributed by atoms with van der Waals surface area (Å²) in [6.45, 7) is 6.59. The van der Waals surface area contributed by atoms with Crippen LogP contribution in [0.25, 0.3) is 0 Å². The zero-order valence-electron chi connectivity index (χ0n) is 11.3. The van der Waals surface area contributed by atoms with Gasteiger partial charge in [-0.3, -0.25) is 0 Å². The first-order valence-electron chi connectivity index (χ1n) is 6.88. The van der Waals surface area contributed by atoms with E-state index in [-0.39, 0.29) is 0 Å². The SMILES string of the molecule is CC1CCCN(c2ccc(Br)cc2CCN)C1C. The van der Waals surface area contributed by atoms with E-state index in [0.717, 1.165) is 16.8 Å². The van der Waals surface area contributed by atoms with Crippen LogP contribution in [0.5, 0.6) is 0 Å². The van der Waals surface area contributed by atoms with Gasteiger partial charge >= 0.3 is 0 Å². The summed E-state index contributed by atoms with van der Waals surface area (Å²) < 4.78 is 1.15. The van der Waals surface area contributed by atoms with Crippen LogP contribution in [-0.2, 0) is 6.42 Å². The average Bonchev–Trinajstić information content (AvgIpc) is 2.34. The van der Waals surface area contributed by atoms with Crippen LogP contribution in [0.4, 0.5) is 5.69 Å². The summed E-state index contributed by atoms with van der Waals surface area (Å²) in [5.74, 6) is 0.771. The highest BCUT2D eigenvalue weighted by Gasteiger charge is 2.26. The minimum atomic E-state index is 0.622. The molecular weight excluding hydrogens is 288 g/mol. The van der Waals surface area contributed by atoms with E-state index in [1.165, 1.54) is 30.6 Å². The topological polar surface area (TPSA) is 29.3 Å². The van der Waals surface area contributed by atoms with Crippen LogP contribution >= 0.6 is 15.9 Å². The van der Waals surface area contributed by atoms with E-state index in [4.69, 9.17) is 5.73 Å². The van der Waals surface area contributed by atoms with Crippen LogP contribution in [0.3, 0.4) is 0 Å². The Labute approximate surface area is 119 Å². The van der Waals surface area contributed by atoms with Gasteiger partial charge < -0.3 is 10.6 Å². The van der Waals surface area contributed by atoms with Crippen molar-refractivity contribution in [3.63, 3.8) is 0 Å². The molecule has 0 amide bonds. The standard InChI is InChI=1S/C15H23BrN2/c1-11-4-3-9-18(12(11)2)15-6-5-14(16)10-13(15)7-8-17/h5-6,10-12H,3-4,7-9,17H2,1-2H3. The lowest BCUT2D eigenvalue weighted by atomic mass is 9.91. The predicted molar refractivity (Wildman–Crippen MR) is 82.1 cm³/mol. The molecule has 0 aliphatic carbocycles. The van der Waals surface area contributed by atoms with Crippen molar-refractivity contribution in [2.45, 2.75) is 39.2 Å². The fourth-order valence-corrected chi connectivity index (χ4v) is 3.27. The van der Waals surface area contributed by atoms with Crippen molar-refractivity contribution in [1.29, 1.82) is 0 Å². The van der Waals surface area contributed by atoms with E-state index in [1.54, 1.807) is 0 Å². The summed E-state index contributed by atoms with van der Waals surface area (Å²) in [6.07, 6.45) is 3.59. The van der Waals surface area contributed by atoms with Crippen LogP contribution < -0.4 is 10.6 Å². The summed E-state index contributed by atoms with van der Waals surface area (Å²) >= 11 is 3.56. The number of nitrogens with zero attached hydrogens (tertiary/aromatic N) is 1. The second-order valence-electron chi connectivity index (χ2n) is 5.37. The zero-order valence-corrected chi connectivity index (χ0v) is 12.9. The van der Waals surface area contributed by atoms with Gasteiger partial charge in [-0.2, -0.15) is 0 Å². The van der Waals surface area contributed by atoms with Gasteiger partial charge in [-0.05, 0) is 62.4 Å². The van der Waals surface area contributed by atoms with Crippen molar-refractivity contribution in [3.8, 4) is 0 Å². The van der Waals surface area contributed by atoms with Crippen LogP contribution in [0.15, 0.2) is 22.7 Å². The predicted octanol–water partition coefficient (Wildman–Crippen LogP) is 3.58. The summed E-state index contributed by atoms with van der Waals surface area (Å²) in [5, 5.41) is 0. The number of rotatable bonds is 3. The first-order chi connectivity index (χ1) is 8.63. The fraction of sp³-hybridized carbons (Fsp3) is 0.600. The van der Waals surface area contributed by atoms with Gasteiger partial charge in [0, 0.05) is 22.7 Å². The molecule has 0 saturated carbocycles. The summed E-state index contributed by atoms with van der Waals surface area (Å²) in [5.41, 5.74) is 8.48. The molecule has 100 valence electrons. The number of hydrogen-bond acceptors (Lipinski definition) is 2. The van der Waals surface area contributed by atoms with Crippen molar-refractivity contribution in [2.24, 2.45) is 11.7 Å². The third-order valence-electron chi connectivity index (χ3n) is 4.14. The molecule has 3 heteroatoms. The van der Waals surface area contributed by atoms with Crippen molar-refractivity contribution < 1.29 is 0 Å². The van der Waals surface area contributed by atoms with Gasteiger partial charge in [-0.25, -0.2) is 0 Å². The van der Waals surface area contributed by atoms with Gasteiger partial charge in [0.05, 0.1) is 0 Å². The molecule has 1 aliphatic heterocycles. The van der Waals surface area contributed by atoms with Gasteiger partial charge in [-0.1, -0.05) is 22.9 Å². The molecule has 2 unspecified atom stereocenters. The Bertz CT molecular complexity index is 405. The minimum absolute atomic E-state index is 0.622. The third-order valence-corrected chi connectivity index (χ3v) is 4.63. The number of anilines is 1. The minimum Gasteiger partial charge on any atom is -0.368 e. The highest BCUT2D eigenvalue weighted by atomic mass is 79.9. The molecule has 0 radical (unpaired) electrons. The lowest BCUT2D eigenvalue weighted by Gasteiger charge is -2.40. The normalized spacial score (nSPS) is 24.3. The van der Waals surface area contributed by atoms with E-state index in [2.05, 4.69) is 52.9 Å². The molecular formula is C15H23BrN2. The Morgan fingerprint density at radius 1 is 1.39 bits per heavy atom. The van der Waals surface area contributed by atoms with Crippen LogP contribution in [0.1, 0.15) is 32.3 Å². The van der Waals surface area contributed by atoms with E-state index in [9.17, 15) is 0 Å². The van der Waals surface area contributed by atoms with Gasteiger partial charge in [0.2, 0.25) is 0 Å². The van der Waals surface area contributed by atoms with E-state index in [0.29, 0.717) is 12.6 Å². The molecule has 2 N–H and O–H groups in total. The molecule has 1 heterocycles. The number of benzene rings is 1. The van der Waals surface area contributed by atoms with Crippen molar-refractivity contribution >= 4 is 21.6 Å². The molecule has 2 nitrogen and oxygen atoms in total. The van der Waals surface area contributed by atoms with E-state index < -0.39 is 0 Å². The maximum atomic E-state index is 5.74. The highest BCUT2D eigenvalue weighted by Crippen LogP contribution is 2.32. The van der Waals surface area contributed by atoms with Crippen LogP contribution in [0, 0.1) is 5.92 Å². The monoisotopic (exact) mass is 310 g/mol. The molecule has 1 aromatic carbocycles. The van der Waals surface area contributed by atoms with E-state index in [1.807, 2.05) is 0 Å². The lowest BCUT2D eigenvalue weighted by Crippen LogP contribution is -2.43. The van der Waals surface area contributed by atoms with Crippen LogP contribution in [-0.4, -0.2) is 19.1 Å². The number of piperidine rings is 1. The van der Waals surface area contributed by atoms with Gasteiger partial charge in [0.1, 0.15) is 0 Å². The van der Waals surface area contributed by atoms with Gasteiger partial charge in [0.15, 0.2) is 0 Å². The van der Waals surface area contributed by atoms with E-state index >= 15 is 0 Å². The number of hydrogen-bond donors (Lipinski definition) is 1. The lowest BCUT2D eigenvalue weighted by molar-refractivity contribution is 0.363. The maximum absolute atomic E-state index is 5.74. The van der Waals surface area contributed by atoms with Crippen molar-refractivity contribution in [3.05, 3.63) is 28.2 Å². The second kappa shape index (κ2) is 6.07. The Morgan fingerprint density at radius 2 is 2.17 bits per heavy atom. The first kappa shape index (κ1) is 13.9. The first-order valence-corrected chi connectivity index (χ1v) is 7.68. The third kappa shape index (κ3) is 2.89. The maximum Gasteiger partial charge on any atom is 0.0402 e. The largest absolute Gasteiger partial charge is 0.368 e.